The molecule has 3 rings (SSSR count). The average molecular weight is 561 g/mol. The van der Waals surface area contributed by atoms with Crippen molar-refractivity contribution in [2.24, 2.45) is 12.0 Å². The van der Waals surface area contributed by atoms with Gasteiger partial charge in [0.15, 0.2) is 5.96 Å². The van der Waals surface area contributed by atoms with Crippen LogP contribution in [0.5, 0.6) is 0 Å². The first-order valence-corrected chi connectivity index (χ1v) is 10.1. The van der Waals surface area contributed by atoms with Crippen LogP contribution in [0.15, 0.2) is 46.1 Å². The van der Waals surface area contributed by atoms with Crippen LogP contribution in [0.4, 0.5) is 0 Å². The van der Waals surface area contributed by atoms with Gasteiger partial charge in [-0.3, -0.25) is 9.67 Å². The Labute approximate surface area is 193 Å². The first kappa shape index (κ1) is 23.2. The van der Waals surface area contributed by atoms with E-state index < -0.39 is 0 Å². The summed E-state index contributed by atoms with van der Waals surface area (Å²) in [5, 5.41) is 11.3. The molecule has 1 aromatic heterocycles. The second-order valence-corrected chi connectivity index (χ2v) is 8.35. The minimum atomic E-state index is 0. The van der Waals surface area contributed by atoms with Crippen molar-refractivity contribution < 1.29 is 0 Å². The highest BCUT2D eigenvalue weighted by molar-refractivity contribution is 14.0. The summed E-state index contributed by atoms with van der Waals surface area (Å²) in [6.07, 6.45) is 6.40. The molecule has 0 radical (unpaired) electrons. The van der Waals surface area contributed by atoms with E-state index in [1.54, 1.807) is 0 Å². The van der Waals surface area contributed by atoms with Gasteiger partial charge in [-0.25, -0.2) is 0 Å². The molecule has 1 aliphatic carbocycles. The molecule has 1 heterocycles. The number of benzene rings is 1. The van der Waals surface area contributed by atoms with Crippen LogP contribution in [0.1, 0.15) is 30.0 Å². The van der Waals surface area contributed by atoms with E-state index in [1.165, 1.54) is 28.4 Å². The lowest BCUT2D eigenvalue weighted by molar-refractivity contribution is 0.298. The van der Waals surface area contributed by atoms with Crippen LogP contribution in [-0.2, 0) is 12.5 Å². The fourth-order valence-corrected chi connectivity index (χ4v) is 4.17. The highest BCUT2D eigenvalue weighted by Crippen LogP contribution is 2.49. The monoisotopic (exact) mass is 560 g/mol. The molecule has 6 nitrogen and oxygen atoms in total. The Morgan fingerprint density at radius 2 is 2.04 bits per heavy atom. The summed E-state index contributed by atoms with van der Waals surface area (Å²) >= 11 is 3.70. The molecule has 1 unspecified atom stereocenters. The van der Waals surface area contributed by atoms with Crippen molar-refractivity contribution in [1.29, 1.82) is 0 Å². The minimum Gasteiger partial charge on any atom is -0.356 e. The zero-order valence-corrected chi connectivity index (χ0v) is 20.9. The summed E-state index contributed by atoms with van der Waals surface area (Å²) in [6.45, 7) is 1.65. The second kappa shape index (κ2) is 10.1. The van der Waals surface area contributed by atoms with Gasteiger partial charge >= 0.3 is 0 Å². The number of aliphatic imine (C=N–C) groups is 1. The number of nitrogens with zero attached hydrogens (tertiary/aromatic N) is 4. The van der Waals surface area contributed by atoms with E-state index in [-0.39, 0.29) is 35.4 Å². The topological polar surface area (TPSA) is 57.5 Å². The van der Waals surface area contributed by atoms with Crippen LogP contribution >= 0.6 is 39.9 Å². The molecule has 2 N–H and O–H groups in total. The lowest BCUT2D eigenvalue weighted by Crippen LogP contribution is -2.44. The van der Waals surface area contributed by atoms with Crippen molar-refractivity contribution >= 4 is 45.9 Å². The molecular formula is C20H30BrIN6. The lowest BCUT2D eigenvalue weighted by Gasteiger charge is -2.25. The summed E-state index contributed by atoms with van der Waals surface area (Å²) in [5.41, 5.74) is 2.79. The molecule has 0 amide bonds. The van der Waals surface area contributed by atoms with Crippen molar-refractivity contribution in [2.45, 2.75) is 24.3 Å². The van der Waals surface area contributed by atoms with Crippen LogP contribution in [0, 0.1) is 0 Å². The number of halogens is 2. The standard InChI is InChI=1S/C20H29BrN6.HI/c1-22-19(23-12-18(26(2)3)15-11-25-27(4)13-15)24-14-20(9-10-20)16-7-5-6-8-17(16)21;/h5-8,11,13,18H,9-10,12,14H2,1-4H3,(H2,22,23,24);1H. The van der Waals surface area contributed by atoms with E-state index in [4.69, 9.17) is 0 Å². The molecule has 1 fully saturated rings. The molecule has 0 aliphatic heterocycles. The van der Waals surface area contributed by atoms with E-state index in [1.807, 2.05) is 25.0 Å². The van der Waals surface area contributed by atoms with E-state index in [2.05, 4.69) is 86.1 Å². The molecule has 0 saturated heterocycles. The molecule has 8 heteroatoms. The van der Waals surface area contributed by atoms with Gasteiger partial charge in [-0.1, -0.05) is 34.1 Å². The van der Waals surface area contributed by atoms with Crippen molar-refractivity contribution in [1.82, 2.24) is 25.3 Å². The number of aromatic nitrogens is 2. The highest BCUT2D eigenvalue weighted by Gasteiger charge is 2.45. The Hall–Kier alpha value is -1.13. The predicted molar refractivity (Wildman–Crippen MR) is 129 cm³/mol. The molecule has 1 aromatic carbocycles. The number of hydrogen-bond acceptors (Lipinski definition) is 3. The SMILES string of the molecule is CN=C(NCC(c1cnn(C)c1)N(C)C)NCC1(c2ccccc2Br)CC1.I. The molecular weight excluding hydrogens is 531 g/mol. The maximum atomic E-state index is 4.41. The van der Waals surface area contributed by atoms with Crippen molar-refractivity contribution in [2.75, 3.05) is 34.2 Å². The summed E-state index contributed by atoms with van der Waals surface area (Å²) in [6, 6.07) is 8.76. The zero-order valence-electron chi connectivity index (χ0n) is 16.9. The highest BCUT2D eigenvalue weighted by atomic mass is 127. The summed E-state index contributed by atoms with van der Waals surface area (Å²) in [5.74, 6) is 0.837. The van der Waals surface area contributed by atoms with Crippen molar-refractivity contribution in [3.63, 3.8) is 0 Å². The average Bonchev–Trinajstić information content (AvgIpc) is 3.31. The lowest BCUT2D eigenvalue weighted by atomic mass is 9.96. The largest absolute Gasteiger partial charge is 0.356 e. The third-order valence-corrected chi connectivity index (χ3v) is 6.00. The molecule has 1 atom stereocenters. The second-order valence-electron chi connectivity index (χ2n) is 7.49. The van der Waals surface area contributed by atoms with E-state index in [0.717, 1.165) is 19.0 Å². The Kier molecular flexibility index (Phi) is 8.32. The van der Waals surface area contributed by atoms with Gasteiger partial charge in [-0.2, -0.15) is 5.10 Å². The maximum absolute atomic E-state index is 4.41. The summed E-state index contributed by atoms with van der Waals surface area (Å²) in [7, 11) is 7.94. The van der Waals surface area contributed by atoms with E-state index in [0.29, 0.717) is 0 Å². The molecule has 154 valence electrons. The number of aryl methyl sites for hydroxylation is 1. The van der Waals surface area contributed by atoms with Crippen molar-refractivity contribution in [3.05, 3.63) is 52.3 Å². The third-order valence-electron chi connectivity index (χ3n) is 5.31. The van der Waals surface area contributed by atoms with Crippen LogP contribution in [-0.4, -0.2) is 54.9 Å². The Morgan fingerprint density at radius 1 is 1.32 bits per heavy atom. The summed E-state index contributed by atoms with van der Waals surface area (Å²) in [4.78, 5) is 6.60. The fraction of sp³-hybridized carbons (Fsp3) is 0.500. The Morgan fingerprint density at radius 3 is 2.57 bits per heavy atom. The van der Waals surface area contributed by atoms with E-state index >= 15 is 0 Å². The number of guanidine groups is 1. The quantitative estimate of drug-likeness (QED) is 0.310. The minimum absolute atomic E-state index is 0. The van der Waals surface area contributed by atoms with Crippen LogP contribution in [0.25, 0.3) is 0 Å². The van der Waals surface area contributed by atoms with Crippen LogP contribution < -0.4 is 10.6 Å². The molecule has 28 heavy (non-hydrogen) atoms. The number of likely N-dealkylation sites (N-methyl/N-ethyl adjacent to an activating group) is 1. The van der Waals surface area contributed by atoms with Gasteiger partial charge in [0.1, 0.15) is 0 Å². The van der Waals surface area contributed by atoms with Gasteiger partial charge in [0.05, 0.1) is 12.2 Å². The number of hydrogen-bond donors (Lipinski definition) is 2. The van der Waals surface area contributed by atoms with Gasteiger partial charge in [0.2, 0.25) is 0 Å². The first-order valence-electron chi connectivity index (χ1n) is 9.30. The van der Waals surface area contributed by atoms with Gasteiger partial charge in [-0.05, 0) is 38.6 Å². The smallest absolute Gasteiger partial charge is 0.191 e. The predicted octanol–water partition coefficient (Wildman–Crippen LogP) is 3.30. The van der Waals surface area contributed by atoms with Crippen LogP contribution in [0.3, 0.4) is 0 Å². The molecule has 2 aromatic rings. The molecule has 0 spiro atoms. The Bertz CT molecular complexity index is 799. The Balaban J connectivity index is 0.00000280. The zero-order chi connectivity index (χ0) is 19.4. The molecule has 1 saturated carbocycles. The maximum Gasteiger partial charge on any atom is 0.191 e. The first-order chi connectivity index (χ1) is 12.9. The third kappa shape index (κ3) is 5.48. The van der Waals surface area contributed by atoms with Gasteiger partial charge in [0, 0.05) is 48.8 Å². The fourth-order valence-electron chi connectivity index (χ4n) is 3.46. The van der Waals surface area contributed by atoms with Gasteiger partial charge in [-0.15, -0.1) is 24.0 Å². The molecule has 0 bridgehead atoms. The van der Waals surface area contributed by atoms with E-state index in [9.17, 15) is 0 Å². The number of rotatable bonds is 7. The van der Waals surface area contributed by atoms with Gasteiger partial charge in [0.25, 0.3) is 0 Å². The molecule has 1 aliphatic rings. The van der Waals surface area contributed by atoms with Crippen LogP contribution in [0.2, 0.25) is 0 Å². The summed E-state index contributed by atoms with van der Waals surface area (Å²) < 4.78 is 3.03. The van der Waals surface area contributed by atoms with Crippen molar-refractivity contribution in [3.8, 4) is 0 Å². The van der Waals surface area contributed by atoms with Gasteiger partial charge < -0.3 is 15.5 Å². The normalized spacial score (nSPS) is 16.4. The number of nitrogens with one attached hydrogen (secondary N) is 2.